The number of rotatable bonds is 6. The molecule has 56 heavy (non-hydrogen) atoms. The van der Waals surface area contributed by atoms with Gasteiger partial charge in [-0.2, -0.15) is 0 Å². The lowest BCUT2D eigenvalue weighted by Gasteiger charge is -2.18. The maximum Gasteiger partial charge on any atom is 0.165 e. The Balaban J connectivity index is 1.03. The van der Waals surface area contributed by atoms with Gasteiger partial charge in [-0.05, 0) is 64.6 Å². The highest BCUT2D eigenvalue weighted by Gasteiger charge is 2.20. The Kier molecular flexibility index (Phi) is 7.78. The fraction of sp³-hybridized carbons (Fsp3) is 0.0392. The molecular formula is C51H33N3OS. The molecule has 0 amide bonds. The predicted molar refractivity (Wildman–Crippen MR) is 233 cm³/mol. The summed E-state index contributed by atoms with van der Waals surface area (Å²) in [6.07, 6.45) is 7.93. The van der Waals surface area contributed by atoms with Gasteiger partial charge in [0, 0.05) is 53.6 Å². The summed E-state index contributed by atoms with van der Waals surface area (Å²) in [6, 6.07) is 57.4. The third-order valence-corrected chi connectivity index (χ3v) is 12.1. The van der Waals surface area contributed by atoms with E-state index < -0.39 is 0 Å². The van der Waals surface area contributed by atoms with E-state index in [0.29, 0.717) is 23.4 Å². The number of thiophene rings is 1. The van der Waals surface area contributed by atoms with Gasteiger partial charge in [-0.15, -0.1) is 11.3 Å². The molecule has 264 valence electrons. The first-order valence-electron chi connectivity index (χ1n) is 19.0. The van der Waals surface area contributed by atoms with Crippen LogP contribution in [0.2, 0.25) is 0 Å². The summed E-state index contributed by atoms with van der Waals surface area (Å²) in [6.45, 7) is 0. The van der Waals surface area contributed by atoms with Crippen molar-refractivity contribution in [3.05, 3.63) is 193 Å². The minimum absolute atomic E-state index is 0.322. The molecule has 3 heterocycles. The van der Waals surface area contributed by atoms with E-state index in [-0.39, 0.29) is 0 Å². The van der Waals surface area contributed by atoms with Gasteiger partial charge in [0.1, 0.15) is 11.2 Å². The lowest BCUT2D eigenvalue weighted by Crippen LogP contribution is -2.00. The van der Waals surface area contributed by atoms with E-state index >= 15 is 0 Å². The van der Waals surface area contributed by atoms with E-state index in [2.05, 4.69) is 152 Å². The second-order valence-corrected chi connectivity index (χ2v) is 15.3. The Morgan fingerprint density at radius 1 is 0.500 bits per heavy atom. The van der Waals surface area contributed by atoms with E-state index in [1.165, 1.54) is 42.4 Å². The molecule has 11 rings (SSSR count). The first kappa shape index (κ1) is 32.5. The van der Waals surface area contributed by atoms with Crippen molar-refractivity contribution in [3.63, 3.8) is 0 Å². The number of furan rings is 1. The molecule has 1 aliphatic carbocycles. The van der Waals surface area contributed by atoms with Crippen molar-refractivity contribution in [2.45, 2.75) is 12.3 Å². The number of nitrogens with zero attached hydrogens (tertiary/aromatic N) is 3. The summed E-state index contributed by atoms with van der Waals surface area (Å²) >= 11 is 1.78. The van der Waals surface area contributed by atoms with Crippen LogP contribution >= 0.6 is 11.3 Å². The van der Waals surface area contributed by atoms with Crippen LogP contribution < -0.4 is 0 Å². The minimum Gasteiger partial charge on any atom is -0.456 e. The van der Waals surface area contributed by atoms with Gasteiger partial charge in [-0.1, -0.05) is 152 Å². The zero-order chi connectivity index (χ0) is 37.0. The quantitative estimate of drug-likeness (QED) is 0.171. The highest BCUT2D eigenvalue weighted by Crippen LogP contribution is 2.42. The molecule has 0 spiro atoms. The van der Waals surface area contributed by atoms with Gasteiger partial charge in [-0.3, -0.25) is 0 Å². The van der Waals surface area contributed by atoms with E-state index in [4.69, 9.17) is 19.4 Å². The van der Waals surface area contributed by atoms with E-state index in [1.807, 2.05) is 30.3 Å². The summed E-state index contributed by atoms with van der Waals surface area (Å²) in [5.41, 5.74) is 10.6. The third kappa shape index (κ3) is 5.64. The van der Waals surface area contributed by atoms with Crippen LogP contribution in [0.25, 0.3) is 93.0 Å². The molecular weight excluding hydrogens is 703 g/mol. The molecule has 0 saturated heterocycles. The van der Waals surface area contributed by atoms with Crippen LogP contribution in [-0.2, 0) is 0 Å². The second-order valence-electron chi connectivity index (χ2n) is 14.3. The first-order valence-corrected chi connectivity index (χ1v) is 19.8. The Hall–Kier alpha value is -6.95. The van der Waals surface area contributed by atoms with Gasteiger partial charge < -0.3 is 4.42 Å². The van der Waals surface area contributed by atoms with Crippen molar-refractivity contribution in [2.24, 2.45) is 0 Å². The topological polar surface area (TPSA) is 51.8 Å². The molecule has 1 unspecified atom stereocenters. The van der Waals surface area contributed by atoms with Crippen LogP contribution in [-0.4, -0.2) is 15.0 Å². The number of hydrogen-bond donors (Lipinski definition) is 0. The fourth-order valence-electron chi connectivity index (χ4n) is 8.11. The third-order valence-electron chi connectivity index (χ3n) is 10.9. The molecule has 0 radical (unpaired) electrons. The lowest BCUT2D eigenvalue weighted by atomic mass is 9.87. The van der Waals surface area contributed by atoms with Crippen molar-refractivity contribution in [1.29, 1.82) is 0 Å². The molecule has 5 heteroatoms. The molecule has 7 aromatic carbocycles. The van der Waals surface area contributed by atoms with Gasteiger partial charge in [0.15, 0.2) is 17.5 Å². The van der Waals surface area contributed by atoms with Crippen molar-refractivity contribution < 1.29 is 4.42 Å². The summed E-state index contributed by atoms with van der Waals surface area (Å²) in [4.78, 5) is 15.5. The molecule has 10 aromatic rings. The van der Waals surface area contributed by atoms with Crippen LogP contribution in [0.5, 0.6) is 0 Å². The van der Waals surface area contributed by atoms with Gasteiger partial charge in [0.2, 0.25) is 0 Å². The number of benzene rings is 7. The molecule has 0 aliphatic heterocycles. The van der Waals surface area contributed by atoms with Crippen LogP contribution in [0, 0.1) is 0 Å². The summed E-state index contributed by atoms with van der Waals surface area (Å²) in [5.74, 6) is 2.21. The maximum absolute atomic E-state index is 6.51. The van der Waals surface area contributed by atoms with Gasteiger partial charge >= 0.3 is 0 Å². The predicted octanol–water partition coefficient (Wildman–Crippen LogP) is 13.9. The SMILES string of the molecule is C1=CC(c2cccc(-c3ccc4oc5cccc(-c6nc(-c7ccccc7)nc(-c7cccc8c7sc7ccccc78)n6)c5c4c3)c2)CC=C1c1ccccc1. The average Bonchev–Trinajstić information content (AvgIpc) is 3.85. The van der Waals surface area contributed by atoms with Crippen molar-refractivity contribution >= 4 is 59.0 Å². The maximum atomic E-state index is 6.51. The Bertz CT molecular complexity index is 3180. The number of allylic oxidation sites excluding steroid dienone is 4. The highest BCUT2D eigenvalue weighted by atomic mass is 32.1. The van der Waals surface area contributed by atoms with E-state index in [9.17, 15) is 0 Å². The molecule has 0 bridgehead atoms. The first-order chi connectivity index (χ1) is 27.7. The molecule has 0 fully saturated rings. The standard InChI is InChI=1S/C51H33N3OS/c1-3-12-32(13-4-1)33-24-26-34(27-25-33)36-16-9-17-37(30-36)38-28-29-44-43(31-38)47-41(20-11-22-45(47)55-44)50-52-49(35-14-5-2-6-15-35)53-51(54-50)42-21-10-19-40-39-18-7-8-23-46(39)56-48(40)42/h1-26,28-31,34H,27H2. The Labute approximate surface area is 327 Å². The van der Waals surface area contributed by atoms with Crippen LogP contribution in [0.1, 0.15) is 23.5 Å². The van der Waals surface area contributed by atoms with Crippen molar-refractivity contribution in [3.8, 4) is 45.3 Å². The summed E-state index contributed by atoms with van der Waals surface area (Å²) < 4.78 is 8.92. The smallest absolute Gasteiger partial charge is 0.165 e. The Morgan fingerprint density at radius 3 is 2.02 bits per heavy atom. The van der Waals surface area contributed by atoms with Crippen LogP contribution in [0.15, 0.2) is 186 Å². The highest BCUT2D eigenvalue weighted by molar-refractivity contribution is 7.26. The summed E-state index contributed by atoms with van der Waals surface area (Å²) in [5, 5.41) is 4.47. The second kappa shape index (κ2) is 13.4. The number of aromatic nitrogens is 3. The van der Waals surface area contributed by atoms with Gasteiger partial charge in [0.05, 0.1) is 0 Å². The average molecular weight is 736 g/mol. The summed E-state index contributed by atoms with van der Waals surface area (Å²) in [7, 11) is 0. The Morgan fingerprint density at radius 2 is 1.18 bits per heavy atom. The van der Waals surface area contributed by atoms with Crippen molar-refractivity contribution in [1.82, 2.24) is 15.0 Å². The van der Waals surface area contributed by atoms with E-state index in [0.717, 1.165) is 50.6 Å². The molecule has 0 N–H and O–H groups in total. The van der Waals surface area contributed by atoms with E-state index in [1.54, 1.807) is 11.3 Å². The molecule has 1 atom stereocenters. The largest absolute Gasteiger partial charge is 0.456 e. The van der Waals surface area contributed by atoms with Gasteiger partial charge in [-0.25, -0.2) is 15.0 Å². The van der Waals surface area contributed by atoms with Crippen molar-refractivity contribution in [2.75, 3.05) is 0 Å². The zero-order valence-corrected chi connectivity index (χ0v) is 31.1. The van der Waals surface area contributed by atoms with Crippen LogP contribution in [0.4, 0.5) is 0 Å². The number of fused-ring (bicyclic) bond motifs is 6. The monoisotopic (exact) mass is 735 g/mol. The zero-order valence-electron chi connectivity index (χ0n) is 30.3. The molecule has 4 nitrogen and oxygen atoms in total. The molecule has 3 aromatic heterocycles. The minimum atomic E-state index is 0.322. The fourth-order valence-corrected chi connectivity index (χ4v) is 9.32. The van der Waals surface area contributed by atoms with Crippen LogP contribution in [0.3, 0.4) is 0 Å². The van der Waals surface area contributed by atoms with Gasteiger partial charge in [0.25, 0.3) is 0 Å². The number of hydrogen-bond acceptors (Lipinski definition) is 5. The molecule has 0 saturated carbocycles. The lowest BCUT2D eigenvalue weighted by molar-refractivity contribution is 0.669. The normalized spacial score (nSPS) is 14.2. The molecule has 1 aliphatic rings.